The molecule has 8 N–H and O–H groups in total. The summed E-state index contributed by atoms with van der Waals surface area (Å²) in [4.78, 5) is 41.7. The van der Waals surface area contributed by atoms with Crippen LogP contribution in [0.1, 0.15) is 0 Å². The fourth-order valence-corrected chi connectivity index (χ4v) is 0.858. The summed E-state index contributed by atoms with van der Waals surface area (Å²) in [6, 6.07) is 0. The number of esters is 4. The average molecular weight is 425 g/mol. The molecule has 0 aromatic heterocycles. The van der Waals surface area contributed by atoms with Crippen molar-refractivity contribution in [3.63, 3.8) is 0 Å². The molecule has 0 aromatic carbocycles. The normalized spacial score (nSPS) is 8.46. The van der Waals surface area contributed by atoms with Crippen LogP contribution in [-0.2, 0) is 38.1 Å². The van der Waals surface area contributed by atoms with Crippen LogP contribution in [-0.4, -0.2) is 76.5 Å². The molecule has 0 unspecified atom stereocenters. The van der Waals surface area contributed by atoms with E-state index < -0.39 is 23.9 Å². The van der Waals surface area contributed by atoms with Crippen molar-refractivity contribution in [1.29, 1.82) is 0 Å². The Bertz CT molecular complexity index is 329. The summed E-state index contributed by atoms with van der Waals surface area (Å²) in [5.74, 6) is -2.12. The van der Waals surface area contributed by atoms with Crippen LogP contribution >= 0.6 is 24.8 Å². The summed E-state index contributed by atoms with van der Waals surface area (Å²) in [6.07, 6.45) is 0. The fourth-order valence-electron chi connectivity index (χ4n) is 0.858. The van der Waals surface area contributed by atoms with Crippen molar-refractivity contribution in [1.82, 2.24) is 0 Å². The van der Waals surface area contributed by atoms with Crippen LogP contribution in [0.3, 0.4) is 0 Å². The summed E-state index contributed by atoms with van der Waals surface area (Å²) in [5.41, 5.74) is 19.8. The summed E-state index contributed by atoms with van der Waals surface area (Å²) >= 11 is 0. The molecule has 0 aliphatic heterocycles. The molecule has 14 heteroatoms. The van der Waals surface area contributed by atoms with Gasteiger partial charge in [0.25, 0.3) is 0 Å². The maximum atomic E-state index is 10.4. The first-order valence-electron chi connectivity index (χ1n) is 6.83. The zero-order chi connectivity index (χ0) is 18.8. The van der Waals surface area contributed by atoms with E-state index in [0.29, 0.717) is 0 Å². The molecule has 0 aromatic rings. The van der Waals surface area contributed by atoms with Crippen LogP contribution in [0, 0.1) is 0 Å². The first-order valence-corrected chi connectivity index (χ1v) is 6.83. The smallest absolute Gasteiger partial charge is 0.319 e. The number of nitrogens with two attached hydrogens (primary N) is 4. The van der Waals surface area contributed by atoms with Gasteiger partial charge in [-0.1, -0.05) is 0 Å². The van der Waals surface area contributed by atoms with Crippen LogP contribution in [0.4, 0.5) is 0 Å². The van der Waals surface area contributed by atoms with Crippen LogP contribution < -0.4 is 22.9 Å². The quantitative estimate of drug-likeness (QED) is 0.155. The van der Waals surface area contributed by atoms with E-state index in [2.05, 4.69) is 18.9 Å². The van der Waals surface area contributed by atoms with Gasteiger partial charge in [-0.05, 0) is 0 Å². The summed E-state index contributed by atoms with van der Waals surface area (Å²) in [7, 11) is 0. The number of ether oxygens (including phenoxy) is 4. The minimum absolute atomic E-state index is 0. The largest absolute Gasteiger partial charge is 0.461 e. The topological polar surface area (TPSA) is 209 Å². The second kappa shape index (κ2) is 23.3. The standard InChI is InChI=1S/2C6H12N2O4.2ClH/c2*7-3-5(9)11-1-2-12-6(10)4-8;;/h2*1-4,7-8H2;2*1H. The molecular weight excluding hydrogens is 399 g/mol. The fraction of sp³-hybridized carbons (Fsp3) is 0.667. The molecule has 0 atom stereocenters. The highest BCUT2D eigenvalue weighted by molar-refractivity contribution is 5.85. The predicted molar refractivity (Wildman–Crippen MR) is 94.5 cm³/mol. The van der Waals surface area contributed by atoms with Gasteiger partial charge in [-0.2, -0.15) is 0 Å². The molecule has 26 heavy (non-hydrogen) atoms. The molecule has 0 rings (SSSR count). The van der Waals surface area contributed by atoms with E-state index in [9.17, 15) is 19.2 Å². The molecule has 0 saturated carbocycles. The molecule has 0 radical (unpaired) electrons. The molecule has 0 aliphatic carbocycles. The number of hydrogen-bond donors (Lipinski definition) is 4. The van der Waals surface area contributed by atoms with Crippen molar-refractivity contribution in [2.75, 3.05) is 52.6 Å². The number of rotatable bonds is 10. The van der Waals surface area contributed by atoms with Crippen molar-refractivity contribution >= 4 is 48.7 Å². The lowest BCUT2D eigenvalue weighted by molar-refractivity contribution is -0.150. The van der Waals surface area contributed by atoms with Crippen LogP contribution in [0.15, 0.2) is 0 Å². The highest BCUT2D eigenvalue weighted by Crippen LogP contribution is 1.80. The van der Waals surface area contributed by atoms with Gasteiger partial charge < -0.3 is 41.9 Å². The molecule has 0 saturated heterocycles. The van der Waals surface area contributed by atoms with Crippen molar-refractivity contribution in [2.24, 2.45) is 22.9 Å². The van der Waals surface area contributed by atoms with Gasteiger partial charge in [0.05, 0.1) is 26.2 Å². The van der Waals surface area contributed by atoms with Gasteiger partial charge in [-0.25, -0.2) is 0 Å². The summed E-state index contributed by atoms with van der Waals surface area (Å²) in [6.45, 7) is -0.640. The van der Waals surface area contributed by atoms with Crippen molar-refractivity contribution in [2.45, 2.75) is 0 Å². The van der Waals surface area contributed by atoms with E-state index in [1.807, 2.05) is 0 Å². The zero-order valence-corrected chi connectivity index (χ0v) is 15.7. The van der Waals surface area contributed by atoms with Gasteiger partial charge >= 0.3 is 23.9 Å². The molecule has 0 heterocycles. The van der Waals surface area contributed by atoms with E-state index in [1.54, 1.807) is 0 Å². The van der Waals surface area contributed by atoms with Crippen molar-refractivity contribution in [3.05, 3.63) is 0 Å². The summed E-state index contributed by atoms with van der Waals surface area (Å²) < 4.78 is 18.0. The number of hydrogen-bond acceptors (Lipinski definition) is 12. The van der Waals surface area contributed by atoms with Crippen LogP contribution in [0.2, 0.25) is 0 Å². The van der Waals surface area contributed by atoms with Crippen LogP contribution in [0.5, 0.6) is 0 Å². The molecule has 0 amide bonds. The molecule has 0 fully saturated rings. The third-order valence-corrected chi connectivity index (χ3v) is 1.89. The predicted octanol–water partition coefficient (Wildman–Crippen LogP) is -3.18. The minimum atomic E-state index is -0.529. The third-order valence-electron chi connectivity index (χ3n) is 1.89. The molecular formula is C12H26Cl2N4O8. The Hall–Kier alpha value is -1.70. The van der Waals surface area contributed by atoms with E-state index in [1.165, 1.54) is 0 Å². The Morgan fingerprint density at radius 1 is 0.462 bits per heavy atom. The zero-order valence-electron chi connectivity index (χ0n) is 14.0. The monoisotopic (exact) mass is 424 g/mol. The molecule has 12 nitrogen and oxygen atoms in total. The lowest BCUT2D eigenvalue weighted by atomic mass is 10.6. The third kappa shape index (κ3) is 24.6. The van der Waals surface area contributed by atoms with E-state index in [4.69, 9.17) is 22.9 Å². The van der Waals surface area contributed by atoms with E-state index in [0.717, 1.165) is 0 Å². The van der Waals surface area contributed by atoms with Gasteiger partial charge in [-0.15, -0.1) is 24.8 Å². The first-order chi connectivity index (χ1) is 11.4. The number of halogens is 2. The molecule has 0 aliphatic rings. The minimum Gasteiger partial charge on any atom is -0.461 e. The number of carbonyl (C=O) groups excluding carboxylic acids is 4. The van der Waals surface area contributed by atoms with E-state index in [-0.39, 0.29) is 77.4 Å². The van der Waals surface area contributed by atoms with Gasteiger partial charge in [-0.3, -0.25) is 19.2 Å². The van der Waals surface area contributed by atoms with Gasteiger partial charge in [0, 0.05) is 0 Å². The second-order valence-corrected chi connectivity index (χ2v) is 3.70. The van der Waals surface area contributed by atoms with Crippen LogP contribution in [0.25, 0.3) is 0 Å². The first kappa shape index (κ1) is 32.0. The van der Waals surface area contributed by atoms with Crippen molar-refractivity contribution in [3.8, 4) is 0 Å². The Morgan fingerprint density at radius 3 is 0.731 bits per heavy atom. The van der Waals surface area contributed by atoms with Crippen molar-refractivity contribution < 1.29 is 38.1 Å². The maximum Gasteiger partial charge on any atom is 0.319 e. The highest BCUT2D eigenvalue weighted by Gasteiger charge is 2.01. The Kier molecular flexibility index (Phi) is 28.7. The SMILES string of the molecule is Cl.Cl.NCC(=O)OCCOC(=O)CN.NCC(=O)OCCOC(=O)CN. The molecule has 0 spiro atoms. The molecule has 156 valence electrons. The van der Waals surface area contributed by atoms with E-state index >= 15 is 0 Å². The average Bonchev–Trinajstić information content (AvgIpc) is 2.61. The summed E-state index contributed by atoms with van der Waals surface area (Å²) in [5, 5.41) is 0. The Morgan fingerprint density at radius 2 is 0.615 bits per heavy atom. The molecule has 0 bridgehead atoms. The maximum absolute atomic E-state index is 10.4. The van der Waals surface area contributed by atoms with Gasteiger partial charge in [0.15, 0.2) is 0 Å². The number of carbonyl (C=O) groups is 4. The highest BCUT2D eigenvalue weighted by atomic mass is 35.5. The van der Waals surface area contributed by atoms with Gasteiger partial charge in [0.2, 0.25) is 0 Å². The van der Waals surface area contributed by atoms with Gasteiger partial charge in [0.1, 0.15) is 26.4 Å². The lowest BCUT2D eigenvalue weighted by Gasteiger charge is -2.03. The Labute approximate surface area is 163 Å². The lowest BCUT2D eigenvalue weighted by Crippen LogP contribution is -2.22. The Balaban J connectivity index is -0.000000173. The second-order valence-electron chi connectivity index (χ2n) is 3.70.